The Kier molecular flexibility index (Phi) is 3.47. The van der Waals surface area contributed by atoms with E-state index in [1.54, 1.807) is 4.68 Å². The minimum Gasteiger partial charge on any atom is -0.550 e. The second kappa shape index (κ2) is 5.16. The molecule has 6 heteroatoms. The Morgan fingerprint density at radius 1 is 1.38 bits per heavy atom. The van der Waals surface area contributed by atoms with Crippen LogP contribution in [0.25, 0.3) is 0 Å². The van der Waals surface area contributed by atoms with Crippen LogP contribution in [0.5, 0.6) is 0 Å². The first-order chi connectivity index (χ1) is 9.97. The second-order valence-corrected chi connectivity index (χ2v) is 6.34. The van der Waals surface area contributed by atoms with Gasteiger partial charge in [0.2, 0.25) is 5.91 Å². The summed E-state index contributed by atoms with van der Waals surface area (Å²) in [4.78, 5) is 23.7. The van der Waals surface area contributed by atoms with Crippen LogP contribution in [0.3, 0.4) is 0 Å². The second-order valence-electron chi connectivity index (χ2n) is 6.34. The van der Waals surface area contributed by atoms with E-state index in [1.165, 1.54) is 0 Å². The Balaban J connectivity index is 1.67. The molecule has 6 nitrogen and oxygen atoms in total. The maximum Gasteiger partial charge on any atom is 0.224 e. The van der Waals surface area contributed by atoms with Crippen LogP contribution in [-0.2, 0) is 23.2 Å². The van der Waals surface area contributed by atoms with Crippen LogP contribution < -0.4 is 10.4 Å². The smallest absolute Gasteiger partial charge is 0.224 e. The van der Waals surface area contributed by atoms with Gasteiger partial charge >= 0.3 is 0 Å². The molecule has 2 saturated carbocycles. The summed E-state index contributed by atoms with van der Waals surface area (Å²) in [6, 6.07) is 0. The highest BCUT2D eigenvalue weighted by Gasteiger charge is 2.51. The normalized spacial score (nSPS) is 30.6. The zero-order valence-electron chi connectivity index (χ0n) is 12.3. The third kappa shape index (κ3) is 2.43. The molecule has 1 amide bonds. The van der Waals surface area contributed by atoms with Crippen LogP contribution >= 0.6 is 0 Å². The topological polar surface area (TPSA) is 87.0 Å². The molecule has 2 fully saturated rings. The van der Waals surface area contributed by atoms with Gasteiger partial charge in [-0.05, 0) is 38.0 Å². The number of rotatable bonds is 4. The van der Waals surface area contributed by atoms with E-state index in [0.717, 1.165) is 30.5 Å². The maximum atomic E-state index is 12.4. The summed E-state index contributed by atoms with van der Waals surface area (Å²) < 4.78 is 1.71. The van der Waals surface area contributed by atoms with Gasteiger partial charge in [-0.15, -0.1) is 0 Å². The van der Waals surface area contributed by atoms with Crippen LogP contribution in [0.2, 0.25) is 0 Å². The number of aryl methyl sites for hydroxylation is 2. The van der Waals surface area contributed by atoms with Gasteiger partial charge in [-0.1, -0.05) is 0 Å². The molecule has 1 aromatic rings. The lowest BCUT2D eigenvalue weighted by Crippen LogP contribution is -2.45. The molecule has 2 aliphatic carbocycles. The zero-order chi connectivity index (χ0) is 15.1. The Morgan fingerprint density at radius 3 is 2.62 bits per heavy atom. The van der Waals surface area contributed by atoms with E-state index in [0.29, 0.717) is 6.54 Å². The van der Waals surface area contributed by atoms with Crippen molar-refractivity contribution in [3.8, 4) is 0 Å². The summed E-state index contributed by atoms with van der Waals surface area (Å²) in [6.07, 6.45) is 4.59. The van der Waals surface area contributed by atoms with E-state index in [1.807, 2.05) is 20.2 Å². The van der Waals surface area contributed by atoms with E-state index in [2.05, 4.69) is 10.4 Å². The van der Waals surface area contributed by atoms with Crippen molar-refractivity contribution in [1.82, 2.24) is 15.1 Å². The Hall–Kier alpha value is -1.85. The Labute approximate surface area is 123 Å². The molecule has 3 rings (SSSR count). The van der Waals surface area contributed by atoms with Gasteiger partial charge in [0.15, 0.2) is 0 Å². The number of carbonyl (C=O) groups is 2. The third-order valence-corrected chi connectivity index (χ3v) is 5.06. The number of carboxylic acid groups (broad SMARTS) is 1. The summed E-state index contributed by atoms with van der Waals surface area (Å²) in [5.74, 6) is -1.94. The average molecular weight is 290 g/mol. The van der Waals surface area contributed by atoms with Gasteiger partial charge in [0.05, 0.1) is 5.69 Å². The van der Waals surface area contributed by atoms with Gasteiger partial charge in [0.25, 0.3) is 0 Å². The lowest BCUT2D eigenvalue weighted by Gasteiger charge is -2.30. The number of amides is 1. The highest BCUT2D eigenvalue weighted by atomic mass is 16.4. The summed E-state index contributed by atoms with van der Waals surface area (Å²) in [7, 11) is 1.83. The molecule has 0 saturated heterocycles. The number of fused-ring (bicyclic) bond motifs is 2. The first kappa shape index (κ1) is 14.1. The summed E-state index contributed by atoms with van der Waals surface area (Å²) >= 11 is 0. The van der Waals surface area contributed by atoms with Crippen molar-refractivity contribution in [2.75, 3.05) is 0 Å². The molecule has 4 atom stereocenters. The number of nitrogens with zero attached hydrogens (tertiary/aromatic N) is 2. The van der Waals surface area contributed by atoms with E-state index in [4.69, 9.17) is 0 Å². The molecule has 1 N–H and O–H groups in total. The number of hydrogen-bond donors (Lipinski definition) is 1. The minimum atomic E-state index is -1.07. The summed E-state index contributed by atoms with van der Waals surface area (Å²) in [5, 5.41) is 18.4. The number of carbonyl (C=O) groups excluding carboxylic acids is 2. The molecule has 0 aliphatic heterocycles. The molecule has 1 heterocycles. The van der Waals surface area contributed by atoms with Crippen molar-refractivity contribution < 1.29 is 14.7 Å². The zero-order valence-corrected chi connectivity index (χ0v) is 12.3. The SMILES string of the molecule is Cc1nn(C)cc1CNC(=O)[C@@H]1[C@@H]2CC[C@@H](C2)[C@@H]1C(=O)[O-]. The predicted octanol–water partition coefficient (Wildman–Crippen LogP) is -0.243. The number of carboxylic acids is 1. The quantitative estimate of drug-likeness (QED) is 0.829. The van der Waals surface area contributed by atoms with Gasteiger partial charge in [-0.3, -0.25) is 9.48 Å². The van der Waals surface area contributed by atoms with Crippen molar-refractivity contribution in [2.24, 2.45) is 30.7 Å². The van der Waals surface area contributed by atoms with Gasteiger partial charge in [-0.2, -0.15) is 5.10 Å². The van der Waals surface area contributed by atoms with Crippen LogP contribution in [-0.4, -0.2) is 21.7 Å². The first-order valence-electron chi connectivity index (χ1n) is 7.45. The molecular weight excluding hydrogens is 270 g/mol. The summed E-state index contributed by atoms with van der Waals surface area (Å²) in [6.45, 7) is 2.29. The van der Waals surface area contributed by atoms with E-state index in [9.17, 15) is 14.7 Å². The average Bonchev–Trinajstić information content (AvgIpc) is 3.09. The number of nitrogens with one attached hydrogen (secondary N) is 1. The molecule has 0 aromatic carbocycles. The minimum absolute atomic E-state index is 0.121. The van der Waals surface area contributed by atoms with Gasteiger partial charge in [0, 0.05) is 43.2 Å². The Bertz CT molecular complexity index is 581. The molecule has 0 spiro atoms. The van der Waals surface area contributed by atoms with Crippen molar-refractivity contribution in [2.45, 2.75) is 32.7 Å². The standard InChI is InChI=1S/C15H21N3O3/c1-8-11(7-18(2)17-8)6-16-14(19)12-9-3-4-10(5-9)13(12)15(20)21/h7,9-10,12-13H,3-6H2,1-2H3,(H,16,19)(H,20,21)/p-1/t9-,10+,12-,13+/m1/s1. The van der Waals surface area contributed by atoms with Crippen molar-refractivity contribution in [1.29, 1.82) is 0 Å². The molecular formula is C15H20N3O3-. The largest absolute Gasteiger partial charge is 0.550 e. The van der Waals surface area contributed by atoms with Crippen LogP contribution in [0.1, 0.15) is 30.5 Å². The highest BCUT2D eigenvalue weighted by Crippen LogP contribution is 2.52. The van der Waals surface area contributed by atoms with Crippen molar-refractivity contribution >= 4 is 11.9 Å². The maximum absolute atomic E-state index is 12.4. The monoisotopic (exact) mass is 290 g/mol. The van der Waals surface area contributed by atoms with Gasteiger partial charge in [0.1, 0.15) is 0 Å². The van der Waals surface area contributed by atoms with Crippen molar-refractivity contribution in [3.05, 3.63) is 17.5 Å². The van der Waals surface area contributed by atoms with E-state index in [-0.39, 0.29) is 17.7 Å². The predicted molar refractivity (Wildman–Crippen MR) is 72.6 cm³/mol. The van der Waals surface area contributed by atoms with Crippen LogP contribution in [0.4, 0.5) is 0 Å². The first-order valence-corrected chi connectivity index (χ1v) is 7.45. The molecule has 0 radical (unpaired) electrons. The lowest BCUT2D eigenvalue weighted by molar-refractivity contribution is -0.314. The molecule has 114 valence electrons. The number of hydrogen-bond acceptors (Lipinski definition) is 4. The fourth-order valence-corrected chi connectivity index (χ4v) is 4.13. The van der Waals surface area contributed by atoms with E-state index >= 15 is 0 Å². The number of aromatic nitrogens is 2. The molecule has 2 aliphatic rings. The molecule has 21 heavy (non-hydrogen) atoms. The van der Waals surface area contributed by atoms with Crippen LogP contribution in [0.15, 0.2) is 6.20 Å². The van der Waals surface area contributed by atoms with E-state index < -0.39 is 17.8 Å². The summed E-state index contributed by atoms with van der Waals surface area (Å²) in [5.41, 5.74) is 1.83. The fraction of sp³-hybridized carbons (Fsp3) is 0.667. The van der Waals surface area contributed by atoms with Crippen LogP contribution in [0, 0.1) is 30.6 Å². The van der Waals surface area contributed by atoms with Gasteiger partial charge in [-0.25, -0.2) is 0 Å². The van der Waals surface area contributed by atoms with Crippen molar-refractivity contribution in [3.63, 3.8) is 0 Å². The molecule has 0 unspecified atom stereocenters. The Morgan fingerprint density at radius 2 is 2.05 bits per heavy atom. The molecule has 1 aromatic heterocycles. The third-order valence-electron chi connectivity index (χ3n) is 5.06. The molecule has 2 bridgehead atoms. The highest BCUT2D eigenvalue weighted by molar-refractivity contribution is 5.85. The number of aliphatic carboxylic acids is 1. The van der Waals surface area contributed by atoms with Gasteiger partial charge < -0.3 is 15.2 Å². The lowest BCUT2D eigenvalue weighted by atomic mass is 9.78. The fourth-order valence-electron chi connectivity index (χ4n) is 4.13.